The maximum absolute atomic E-state index is 12.6. The Bertz CT molecular complexity index is 1260. The molecule has 7 nitrogen and oxygen atoms in total. The molecular weight excluding hydrogens is 424 g/mol. The zero-order chi connectivity index (χ0) is 24.1. The van der Waals surface area contributed by atoms with E-state index in [9.17, 15) is 4.79 Å². The molecule has 4 N–H and O–H groups in total. The van der Waals surface area contributed by atoms with E-state index in [4.69, 9.17) is 5.73 Å². The molecule has 2 heterocycles. The number of H-pyrrole nitrogens is 1. The van der Waals surface area contributed by atoms with Crippen LogP contribution in [-0.4, -0.2) is 39.8 Å². The van der Waals surface area contributed by atoms with Gasteiger partial charge in [0.25, 0.3) is 0 Å². The average Bonchev–Trinajstić information content (AvgIpc) is 3.15. The lowest BCUT2D eigenvalue weighted by atomic mass is 10.0. The van der Waals surface area contributed by atoms with Crippen molar-refractivity contribution < 1.29 is 0 Å². The standard InChI is InChI=1S/C27H34N6O/c1-4-29-14-11-19(2)30-20(3)22-7-5-21(6-8-22)18-32-15-12-24(13-16-32)33-26-17-23(28)9-10-25(26)31-27(33)34/h5-11,14,17,24,29H,2,4,12-13,15-16,18,28H2,1,3H3,(H,31,34)/b14-11-,30-20+. The summed E-state index contributed by atoms with van der Waals surface area (Å²) in [5.41, 5.74) is 12.4. The average molecular weight is 459 g/mol. The lowest BCUT2D eigenvalue weighted by Gasteiger charge is -2.32. The van der Waals surface area contributed by atoms with Crippen molar-refractivity contribution in [2.45, 2.75) is 39.3 Å². The van der Waals surface area contributed by atoms with Crippen molar-refractivity contribution in [3.63, 3.8) is 0 Å². The fraction of sp³-hybridized carbons (Fsp3) is 0.333. The second-order valence-corrected chi connectivity index (χ2v) is 8.86. The van der Waals surface area contributed by atoms with Gasteiger partial charge < -0.3 is 16.0 Å². The molecule has 0 unspecified atom stereocenters. The van der Waals surface area contributed by atoms with Crippen LogP contribution < -0.4 is 16.7 Å². The highest BCUT2D eigenvalue weighted by molar-refractivity contribution is 5.99. The molecule has 1 aromatic heterocycles. The molecule has 0 amide bonds. The highest BCUT2D eigenvalue weighted by Crippen LogP contribution is 2.26. The van der Waals surface area contributed by atoms with Crippen LogP contribution in [0.1, 0.15) is 43.9 Å². The van der Waals surface area contributed by atoms with Gasteiger partial charge in [0.15, 0.2) is 0 Å². The number of aromatic nitrogens is 2. The molecule has 1 aliphatic rings. The number of nitrogen functional groups attached to an aromatic ring is 1. The molecule has 1 saturated heterocycles. The lowest BCUT2D eigenvalue weighted by Crippen LogP contribution is -2.36. The van der Waals surface area contributed by atoms with E-state index in [0.29, 0.717) is 5.69 Å². The number of rotatable bonds is 8. The summed E-state index contributed by atoms with van der Waals surface area (Å²) >= 11 is 0. The Morgan fingerprint density at radius 1 is 1.24 bits per heavy atom. The number of likely N-dealkylation sites (tertiary alicyclic amines) is 1. The number of aromatic amines is 1. The van der Waals surface area contributed by atoms with Crippen LogP contribution in [0.2, 0.25) is 0 Å². The van der Waals surface area contributed by atoms with Gasteiger partial charge in [-0.1, -0.05) is 30.8 Å². The first kappa shape index (κ1) is 23.6. The van der Waals surface area contributed by atoms with Gasteiger partial charge in [-0.05, 0) is 68.3 Å². The largest absolute Gasteiger partial charge is 0.399 e. The van der Waals surface area contributed by atoms with E-state index in [1.165, 1.54) is 5.56 Å². The summed E-state index contributed by atoms with van der Waals surface area (Å²) in [6, 6.07) is 14.4. The van der Waals surface area contributed by atoms with Crippen LogP contribution in [0.3, 0.4) is 0 Å². The van der Waals surface area contributed by atoms with Gasteiger partial charge in [0.1, 0.15) is 0 Å². The third kappa shape index (κ3) is 5.48. The van der Waals surface area contributed by atoms with Crippen molar-refractivity contribution in [3.05, 3.63) is 88.6 Å². The van der Waals surface area contributed by atoms with E-state index in [1.54, 1.807) is 0 Å². The van der Waals surface area contributed by atoms with Gasteiger partial charge in [0.2, 0.25) is 0 Å². The molecule has 3 aromatic rings. The van der Waals surface area contributed by atoms with Gasteiger partial charge in [-0.15, -0.1) is 0 Å². The molecule has 7 heteroatoms. The van der Waals surface area contributed by atoms with Crippen molar-refractivity contribution in [2.24, 2.45) is 4.99 Å². The first-order valence-corrected chi connectivity index (χ1v) is 11.9. The molecular formula is C27H34N6O. The molecule has 34 heavy (non-hydrogen) atoms. The minimum atomic E-state index is -0.0496. The molecule has 0 radical (unpaired) electrons. The van der Waals surface area contributed by atoms with Crippen molar-refractivity contribution in [3.8, 4) is 0 Å². The molecule has 1 aliphatic heterocycles. The van der Waals surface area contributed by atoms with Gasteiger partial charge >= 0.3 is 5.69 Å². The van der Waals surface area contributed by atoms with Crippen LogP contribution in [-0.2, 0) is 6.54 Å². The number of nitrogens with two attached hydrogens (primary N) is 1. The van der Waals surface area contributed by atoms with Crippen LogP contribution in [0.15, 0.2) is 76.8 Å². The van der Waals surface area contributed by atoms with Gasteiger partial charge in [-0.3, -0.25) is 14.5 Å². The summed E-state index contributed by atoms with van der Waals surface area (Å²) < 4.78 is 1.89. The van der Waals surface area contributed by atoms with Crippen LogP contribution in [0, 0.1) is 0 Å². The number of aliphatic imine (C=N–C) groups is 1. The number of nitrogens with zero attached hydrogens (tertiary/aromatic N) is 3. The minimum Gasteiger partial charge on any atom is -0.399 e. The monoisotopic (exact) mass is 458 g/mol. The second-order valence-electron chi connectivity index (χ2n) is 8.86. The van der Waals surface area contributed by atoms with E-state index in [0.717, 1.165) is 67.0 Å². The Balaban J connectivity index is 1.35. The predicted molar refractivity (Wildman–Crippen MR) is 141 cm³/mol. The smallest absolute Gasteiger partial charge is 0.326 e. The van der Waals surface area contributed by atoms with Gasteiger partial charge in [0.05, 0.1) is 16.7 Å². The zero-order valence-corrected chi connectivity index (χ0v) is 20.1. The number of fused-ring (bicyclic) bond motifs is 1. The van der Waals surface area contributed by atoms with Crippen molar-refractivity contribution in [1.29, 1.82) is 0 Å². The van der Waals surface area contributed by atoms with Gasteiger partial charge in [-0.25, -0.2) is 4.79 Å². The van der Waals surface area contributed by atoms with Crippen molar-refractivity contribution >= 4 is 22.4 Å². The first-order valence-electron chi connectivity index (χ1n) is 11.9. The van der Waals surface area contributed by atoms with Crippen LogP contribution in [0.4, 0.5) is 5.69 Å². The van der Waals surface area contributed by atoms with Crippen molar-refractivity contribution in [1.82, 2.24) is 19.8 Å². The number of allylic oxidation sites excluding steroid dienone is 1. The Kier molecular flexibility index (Phi) is 7.33. The summed E-state index contributed by atoms with van der Waals surface area (Å²) in [4.78, 5) is 22.6. The maximum atomic E-state index is 12.6. The molecule has 0 aliphatic carbocycles. The minimum absolute atomic E-state index is 0.0496. The van der Waals surface area contributed by atoms with E-state index in [2.05, 4.69) is 51.0 Å². The second kappa shape index (κ2) is 10.6. The fourth-order valence-electron chi connectivity index (χ4n) is 4.54. The summed E-state index contributed by atoms with van der Waals surface area (Å²) in [6.07, 6.45) is 5.63. The topological polar surface area (TPSA) is 91.4 Å². The van der Waals surface area contributed by atoms with E-state index in [-0.39, 0.29) is 11.7 Å². The fourth-order valence-corrected chi connectivity index (χ4v) is 4.54. The van der Waals surface area contributed by atoms with Crippen LogP contribution in [0.5, 0.6) is 0 Å². The Morgan fingerprint density at radius 3 is 2.68 bits per heavy atom. The number of imidazole rings is 1. The number of hydrogen-bond donors (Lipinski definition) is 3. The lowest BCUT2D eigenvalue weighted by molar-refractivity contribution is 0.180. The molecule has 0 spiro atoms. The Labute approximate surface area is 200 Å². The van der Waals surface area contributed by atoms with Crippen LogP contribution >= 0.6 is 0 Å². The normalized spacial score (nSPS) is 15.9. The molecule has 178 valence electrons. The summed E-state index contributed by atoms with van der Waals surface area (Å²) in [5.74, 6) is 0. The molecule has 4 rings (SSSR count). The third-order valence-corrected chi connectivity index (χ3v) is 6.35. The number of nitrogens with one attached hydrogen (secondary N) is 2. The quantitative estimate of drug-likeness (QED) is 0.268. The Hall–Kier alpha value is -3.58. The SMILES string of the molecule is C=C(/C=C\NCC)/N=C(\C)c1ccc(CN2CCC(n3c(=O)[nH]c4ccc(N)cc43)CC2)cc1. The van der Waals surface area contributed by atoms with Gasteiger partial charge in [0, 0.05) is 43.6 Å². The maximum Gasteiger partial charge on any atom is 0.326 e. The zero-order valence-electron chi connectivity index (χ0n) is 20.1. The number of piperidine rings is 1. The Morgan fingerprint density at radius 2 is 1.97 bits per heavy atom. The van der Waals surface area contributed by atoms with Crippen LogP contribution in [0.25, 0.3) is 11.0 Å². The third-order valence-electron chi connectivity index (χ3n) is 6.35. The molecule has 0 atom stereocenters. The molecule has 1 fully saturated rings. The van der Waals surface area contributed by atoms with E-state index < -0.39 is 0 Å². The van der Waals surface area contributed by atoms with E-state index in [1.807, 2.05) is 48.9 Å². The number of benzene rings is 2. The first-order chi connectivity index (χ1) is 16.4. The van der Waals surface area contributed by atoms with Crippen molar-refractivity contribution in [2.75, 3.05) is 25.4 Å². The number of anilines is 1. The molecule has 0 saturated carbocycles. The molecule has 0 bridgehead atoms. The highest BCUT2D eigenvalue weighted by atomic mass is 16.1. The summed E-state index contributed by atoms with van der Waals surface area (Å²) in [6.45, 7) is 11.7. The van der Waals surface area contributed by atoms with E-state index >= 15 is 0 Å². The highest BCUT2D eigenvalue weighted by Gasteiger charge is 2.23. The van der Waals surface area contributed by atoms with Gasteiger partial charge in [-0.2, -0.15) is 0 Å². The predicted octanol–water partition coefficient (Wildman–Crippen LogP) is 4.19. The summed E-state index contributed by atoms with van der Waals surface area (Å²) in [5, 5.41) is 3.12. The number of hydrogen-bond acceptors (Lipinski definition) is 5. The molecule has 2 aromatic carbocycles. The summed E-state index contributed by atoms with van der Waals surface area (Å²) in [7, 11) is 0.